The molecule has 0 N–H and O–H groups in total. The van der Waals surface area contributed by atoms with E-state index in [0.29, 0.717) is 33.8 Å². The van der Waals surface area contributed by atoms with Crippen molar-refractivity contribution in [2.24, 2.45) is 0 Å². The van der Waals surface area contributed by atoms with Gasteiger partial charge < -0.3 is 23.4 Å². The summed E-state index contributed by atoms with van der Waals surface area (Å²) in [5.74, 6) is 0.107. The van der Waals surface area contributed by atoms with E-state index < -0.39 is 23.6 Å². The highest BCUT2D eigenvalue weighted by Crippen LogP contribution is 2.45. The Morgan fingerprint density at radius 3 is 2.41 bits per heavy atom. The molecule has 0 bridgehead atoms. The normalized spacial score (nSPS) is 17.5. The number of para-hydroxylation sites is 1. The summed E-state index contributed by atoms with van der Waals surface area (Å²) >= 11 is 0. The van der Waals surface area contributed by atoms with Crippen molar-refractivity contribution in [2.75, 3.05) is 20.8 Å². The predicted octanol–water partition coefficient (Wildman–Crippen LogP) is 3.27. The van der Waals surface area contributed by atoms with E-state index in [2.05, 4.69) is 0 Å². The molecular formula is C22H20O7. The molecule has 4 rings (SSSR count). The molecule has 150 valence electrons. The van der Waals surface area contributed by atoms with Gasteiger partial charge in [-0.1, -0.05) is 12.1 Å². The van der Waals surface area contributed by atoms with E-state index in [4.69, 9.17) is 23.4 Å². The molecular weight excluding hydrogens is 376 g/mol. The summed E-state index contributed by atoms with van der Waals surface area (Å²) < 4.78 is 27.4. The number of rotatable bonds is 5. The molecule has 0 aliphatic carbocycles. The van der Waals surface area contributed by atoms with Gasteiger partial charge >= 0.3 is 11.6 Å². The molecule has 2 unspecified atom stereocenters. The van der Waals surface area contributed by atoms with Gasteiger partial charge in [-0.3, -0.25) is 0 Å². The molecule has 2 heterocycles. The minimum atomic E-state index is -1.03. The van der Waals surface area contributed by atoms with Gasteiger partial charge in [0.15, 0.2) is 0 Å². The molecule has 7 heteroatoms. The number of carbonyl (C=O) groups excluding carboxylic acids is 1. The Bertz CT molecular complexity index is 1110. The second kappa shape index (κ2) is 7.50. The molecule has 29 heavy (non-hydrogen) atoms. The quantitative estimate of drug-likeness (QED) is 0.483. The van der Waals surface area contributed by atoms with Crippen LogP contribution in [-0.2, 0) is 9.53 Å². The van der Waals surface area contributed by atoms with Crippen molar-refractivity contribution in [1.82, 2.24) is 0 Å². The Hall–Kier alpha value is -3.48. The van der Waals surface area contributed by atoms with Crippen LogP contribution in [0.4, 0.5) is 0 Å². The van der Waals surface area contributed by atoms with Crippen LogP contribution >= 0.6 is 0 Å². The topological polar surface area (TPSA) is 84.2 Å². The Labute approximate surface area is 166 Å². The van der Waals surface area contributed by atoms with Crippen LogP contribution in [0.5, 0.6) is 17.2 Å². The van der Waals surface area contributed by atoms with E-state index in [-0.39, 0.29) is 12.2 Å². The van der Waals surface area contributed by atoms with E-state index >= 15 is 0 Å². The van der Waals surface area contributed by atoms with E-state index in [1.54, 1.807) is 43.3 Å². The average molecular weight is 396 g/mol. The van der Waals surface area contributed by atoms with Crippen LogP contribution in [0.3, 0.4) is 0 Å². The predicted molar refractivity (Wildman–Crippen MR) is 105 cm³/mol. The van der Waals surface area contributed by atoms with E-state index in [0.717, 1.165) is 0 Å². The first-order valence-electron chi connectivity index (χ1n) is 9.19. The van der Waals surface area contributed by atoms with Gasteiger partial charge in [0.1, 0.15) is 22.8 Å². The summed E-state index contributed by atoms with van der Waals surface area (Å²) in [5.41, 5.74) is 0.734. The lowest BCUT2D eigenvalue weighted by Gasteiger charge is -2.19. The van der Waals surface area contributed by atoms with E-state index in [1.807, 2.05) is 6.07 Å². The number of benzene rings is 2. The SMILES string of the molecule is CCOC(=O)C1Oc2c(c(=O)oc3ccccc23)C1c1cc(OC)cc(OC)c1. The molecule has 2 aromatic carbocycles. The van der Waals surface area contributed by atoms with Crippen molar-refractivity contribution in [1.29, 1.82) is 0 Å². The summed E-state index contributed by atoms with van der Waals surface area (Å²) in [6.45, 7) is 1.91. The standard InChI is InChI=1S/C22H20O7/c1-4-27-22(24)20-17(12-9-13(25-2)11-14(10-12)26-3)18-19(29-20)15-7-5-6-8-16(15)28-21(18)23/h5-11,17,20H,4H2,1-3H3. The highest BCUT2D eigenvalue weighted by molar-refractivity contribution is 5.88. The lowest BCUT2D eigenvalue weighted by atomic mass is 9.88. The molecule has 0 amide bonds. The maximum Gasteiger partial charge on any atom is 0.348 e. The Morgan fingerprint density at radius 2 is 1.76 bits per heavy atom. The van der Waals surface area contributed by atoms with Crippen molar-refractivity contribution in [3.05, 3.63) is 64.0 Å². The third-order valence-corrected chi connectivity index (χ3v) is 4.91. The third-order valence-electron chi connectivity index (χ3n) is 4.91. The number of methoxy groups -OCH3 is 2. The Kier molecular flexibility index (Phi) is 4.88. The first-order valence-corrected chi connectivity index (χ1v) is 9.19. The number of fused-ring (bicyclic) bond motifs is 3. The highest BCUT2D eigenvalue weighted by atomic mass is 16.6. The number of esters is 1. The molecule has 3 aromatic rings. The molecule has 1 aliphatic heterocycles. The van der Waals surface area contributed by atoms with Crippen molar-refractivity contribution >= 4 is 16.9 Å². The lowest BCUT2D eigenvalue weighted by molar-refractivity contribution is -0.151. The van der Waals surface area contributed by atoms with Gasteiger partial charge in [-0.15, -0.1) is 0 Å². The average Bonchev–Trinajstić information content (AvgIpc) is 3.15. The molecule has 7 nitrogen and oxygen atoms in total. The second-order valence-corrected chi connectivity index (χ2v) is 6.54. The number of carbonyl (C=O) groups is 1. The summed E-state index contributed by atoms with van der Waals surface area (Å²) in [6, 6.07) is 12.2. The first kappa shape index (κ1) is 18.9. The van der Waals surface area contributed by atoms with Crippen LogP contribution in [0.15, 0.2) is 51.7 Å². The van der Waals surface area contributed by atoms with Gasteiger partial charge in [0.25, 0.3) is 0 Å². The number of ether oxygens (including phenoxy) is 4. The molecule has 0 radical (unpaired) electrons. The monoisotopic (exact) mass is 396 g/mol. The van der Waals surface area contributed by atoms with Crippen LogP contribution < -0.4 is 19.8 Å². The molecule has 0 fully saturated rings. The highest BCUT2D eigenvalue weighted by Gasteiger charge is 2.45. The van der Waals surface area contributed by atoms with Crippen molar-refractivity contribution in [3.63, 3.8) is 0 Å². The number of hydrogen-bond acceptors (Lipinski definition) is 7. The summed E-state index contributed by atoms with van der Waals surface area (Å²) in [4.78, 5) is 25.6. The van der Waals surface area contributed by atoms with Crippen LogP contribution in [0, 0.1) is 0 Å². The fourth-order valence-corrected chi connectivity index (χ4v) is 3.64. The molecule has 0 spiro atoms. The molecule has 1 aliphatic rings. The fourth-order valence-electron chi connectivity index (χ4n) is 3.64. The Morgan fingerprint density at radius 1 is 1.07 bits per heavy atom. The third kappa shape index (κ3) is 3.18. The summed E-state index contributed by atoms with van der Waals surface area (Å²) in [5, 5.41) is 0.619. The smallest absolute Gasteiger partial charge is 0.348 e. The Balaban J connectivity index is 1.97. The molecule has 0 saturated carbocycles. The molecule has 2 atom stereocenters. The first-order chi connectivity index (χ1) is 14.1. The maximum atomic E-state index is 12.9. The van der Waals surface area contributed by atoms with Gasteiger partial charge in [0.2, 0.25) is 6.10 Å². The van der Waals surface area contributed by atoms with Crippen molar-refractivity contribution in [3.8, 4) is 17.2 Å². The minimum absolute atomic E-state index is 0.193. The van der Waals surface area contributed by atoms with Gasteiger partial charge in [-0.25, -0.2) is 9.59 Å². The zero-order chi connectivity index (χ0) is 20.5. The lowest BCUT2D eigenvalue weighted by Crippen LogP contribution is -2.32. The van der Waals surface area contributed by atoms with Gasteiger partial charge in [0, 0.05) is 6.07 Å². The van der Waals surface area contributed by atoms with E-state index in [9.17, 15) is 9.59 Å². The fraction of sp³-hybridized carbons (Fsp3) is 0.273. The minimum Gasteiger partial charge on any atom is -0.497 e. The van der Waals surface area contributed by atoms with Crippen LogP contribution in [0.2, 0.25) is 0 Å². The summed E-state index contributed by atoms with van der Waals surface area (Å²) in [7, 11) is 3.06. The van der Waals surface area contributed by atoms with Crippen molar-refractivity contribution in [2.45, 2.75) is 18.9 Å². The zero-order valence-electron chi connectivity index (χ0n) is 16.3. The zero-order valence-corrected chi connectivity index (χ0v) is 16.3. The molecule has 0 saturated heterocycles. The van der Waals surface area contributed by atoms with Crippen molar-refractivity contribution < 1.29 is 28.2 Å². The summed E-state index contributed by atoms with van der Waals surface area (Å²) in [6.07, 6.45) is -1.03. The second-order valence-electron chi connectivity index (χ2n) is 6.54. The van der Waals surface area contributed by atoms with Crippen LogP contribution in [0.25, 0.3) is 11.0 Å². The van der Waals surface area contributed by atoms with Gasteiger partial charge in [-0.05, 0) is 36.8 Å². The van der Waals surface area contributed by atoms with Crippen LogP contribution in [0.1, 0.15) is 24.0 Å². The van der Waals surface area contributed by atoms with Gasteiger partial charge in [0.05, 0.1) is 37.7 Å². The maximum absolute atomic E-state index is 12.9. The van der Waals surface area contributed by atoms with Crippen LogP contribution in [-0.4, -0.2) is 32.9 Å². The number of hydrogen-bond donors (Lipinski definition) is 0. The van der Waals surface area contributed by atoms with E-state index in [1.165, 1.54) is 14.2 Å². The molecule has 1 aromatic heterocycles. The largest absolute Gasteiger partial charge is 0.497 e. The van der Waals surface area contributed by atoms with Gasteiger partial charge in [-0.2, -0.15) is 0 Å².